The zero-order valence-corrected chi connectivity index (χ0v) is 16.2. The Labute approximate surface area is 164 Å². The average molecular weight is 401 g/mol. The molecule has 8 heteroatoms. The number of anilines is 1. The molecule has 148 valence electrons. The van der Waals surface area contributed by atoms with Crippen LogP contribution in [-0.4, -0.2) is 44.2 Å². The van der Waals surface area contributed by atoms with Crippen LogP contribution in [0.4, 0.5) is 5.69 Å². The van der Waals surface area contributed by atoms with Gasteiger partial charge in [-0.05, 0) is 37.1 Å². The number of carbonyl (C=O) groups is 2. The summed E-state index contributed by atoms with van der Waals surface area (Å²) in [6, 6.07) is 17.2. The van der Waals surface area contributed by atoms with Crippen LogP contribution in [0.2, 0.25) is 0 Å². The number of hydrogen-bond donors (Lipinski definition) is 2. The van der Waals surface area contributed by atoms with Gasteiger partial charge in [0.25, 0.3) is 0 Å². The minimum absolute atomic E-state index is 0.114. The molecule has 0 aromatic heterocycles. The third kappa shape index (κ3) is 4.96. The summed E-state index contributed by atoms with van der Waals surface area (Å²) in [5.41, 5.74) is 0.652. The van der Waals surface area contributed by atoms with Crippen LogP contribution in [-0.2, 0) is 19.6 Å². The van der Waals surface area contributed by atoms with Gasteiger partial charge in [-0.3, -0.25) is 9.59 Å². The third-order valence-corrected chi connectivity index (χ3v) is 6.50. The first-order valence-corrected chi connectivity index (χ1v) is 10.6. The molecule has 2 N–H and O–H groups in total. The molecule has 0 bridgehead atoms. The van der Waals surface area contributed by atoms with Crippen molar-refractivity contribution in [2.45, 2.75) is 17.7 Å². The molecule has 0 spiro atoms. The fourth-order valence-electron chi connectivity index (χ4n) is 3.15. The highest BCUT2D eigenvalue weighted by Crippen LogP contribution is 2.23. The van der Waals surface area contributed by atoms with E-state index < -0.39 is 15.9 Å². The number of rotatable bonds is 6. The maximum absolute atomic E-state index is 12.8. The van der Waals surface area contributed by atoms with E-state index in [-0.39, 0.29) is 29.8 Å². The zero-order chi connectivity index (χ0) is 20.0. The molecular weight excluding hydrogens is 378 g/mol. The van der Waals surface area contributed by atoms with Gasteiger partial charge in [0.05, 0.1) is 17.4 Å². The summed E-state index contributed by atoms with van der Waals surface area (Å²) in [4.78, 5) is 24.6. The maximum Gasteiger partial charge on any atom is 0.243 e. The maximum atomic E-state index is 12.8. The van der Waals surface area contributed by atoms with Crippen LogP contribution in [0.1, 0.15) is 12.8 Å². The Bertz CT molecular complexity index is 917. The van der Waals surface area contributed by atoms with E-state index in [4.69, 9.17) is 0 Å². The van der Waals surface area contributed by atoms with E-state index in [0.717, 1.165) is 0 Å². The molecule has 28 heavy (non-hydrogen) atoms. The van der Waals surface area contributed by atoms with Gasteiger partial charge in [-0.2, -0.15) is 4.31 Å². The summed E-state index contributed by atoms with van der Waals surface area (Å²) in [5.74, 6) is -1.11. The van der Waals surface area contributed by atoms with Gasteiger partial charge in [0.2, 0.25) is 21.8 Å². The normalized spacial score (nSPS) is 17.6. The zero-order valence-electron chi connectivity index (χ0n) is 15.4. The third-order valence-electron chi connectivity index (χ3n) is 4.62. The topological polar surface area (TPSA) is 95.6 Å². The number of piperidine rings is 1. The fraction of sp³-hybridized carbons (Fsp3) is 0.300. The van der Waals surface area contributed by atoms with Gasteiger partial charge in [0.1, 0.15) is 0 Å². The molecule has 7 nitrogen and oxygen atoms in total. The van der Waals surface area contributed by atoms with Crippen LogP contribution < -0.4 is 10.6 Å². The number of benzene rings is 2. The van der Waals surface area contributed by atoms with Gasteiger partial charge in [0, 0.05) is 18.8 Å². The Morgan fingerprint density at radius 2 is 1.64 bits per heavy atom. The Kier molecular flexibility index (Phi) is 6.43. The van der Waals surface area contributed by atoms with Gasteiger partial charge in [-0.15, -0.1) is 0 Å². The summed E-state index contributed by atoms with van der Waals surface area (Å²) in [7, 11) is -3.63. The number of nitrogens with zero attached hydrogens (tertiary/aromatic N) is 1. The van der Waals surface area contributed by atoms with Crippen molar-refractivity contribution >= 4 is 27.5 Å². The molecule has 2 aromatic rings. The van der Waals surface area contributed by atoms with Crippen molar-refractivity contribution < 1.29 is 18.0 Å². The first kappa shape index (κ1) is 20.0. The van der Waals surface area contributed by atoms with Gasteiger partial charge < -0.3 is 10.6 Å². The van der Waals surface area contributed by atoms with Crippen molar-refractivity contribution in [3.63, 3.8) is 0 Å². The molecule has 0 radical (unpaired) electrons. The standard InChI is InChI=1S/C20H23N3O4S/c24-19(22-17-9-3-1-4-10-17)14-21-20(25)16-8-7-13-23(15-16)28(26,27)18-11-5-2-6-12-18/h1-6,9-12,16H,7-8,13-15H2,(H,21,25)(H,22,24)/t16-/m1/s1. The molecule has 0 unspecified atom stereocenters. The van der Waals surface area contributed by atoms with Gasteiger partial charge >= 0.3 is 0 Å². The van der Waals surface area contributed by atoms with Gasteiger partial charge in [-0.25, -0.2) is 8.42 Å². The Morgan fingerprint density at radius 3 is 2.32 bits per heavy atom. The van der Waals surface area contributed by atoms with Crippen LogP contribution in [0.15, 0.2) is 65.6 Å². The van der Waals surface area contributed by atoms with Crippen molar-refractivity contribution in [1.82, 2.24) is 9.62 Å². The fourth-order valence-corrected chi connectivity index (χ4v) is 4.70. The molecule has 2 amide bonds. The molecule has 1 aliphatic heterocycles. The van der Waals surface area contributed by atoms with Crippen molar-refractivity contribution in [3.05, 3.63) is 60.7 Å². The summed E-state index contributed by atoms with van der Waals surface area (Å²) < 4.78 is 26.9. The van der Waals surface area contributed by atoms with E-state index >= 15 is 0 Å². The lowest BCUT2D eigenvalue weighted by molar-refractivity contribution is -0.128. The predicted octanol–water partition coefficient (Wildman–Crippen LogP) is 1.84. The van der Waals surface area contributed by atoms with Crippen LogP contribution in [0.5, 0.6) is 0 Å². The molecule has 2 aromatic carbocycles. The predicted molar refractivity (Wildman–Crippen MR) is 106 cm³/mol. The first-order valence-electron chi connectivity index (χ1n) is 9.14. The van der Waals surface area contributed by atoms with Gasteiger partial charge in [-0.1, -0.05) is 36.4 Å². The molecule has 1 heterocycles. The van der Waals surface area contributed by atoms with E-state index in [0.29, 0.717) is 25.1 Å². The molecule has 3 rings (SSSR count). The molecule has 1 saturated heterocycles. The first-order chi connectivity index (χ1) is 13.5. The number of para-hydroxylation sites is 1. The van der Waals surface area contributed by atoms with Crippen LogP contribution >= 0.6 is 0 Å². The number of carbonyl (C=O) groups excluding carboxylic acids is 2. The average Bonchev–Trinajstić information content (AvgIpc) is 2.73. The summed E-state index contributed by atoms with van der Waals surface area (Å²) in [6.07, 6.45) is 1.19. The SMILES string of the molecule is O=C(CNC(=O)[C@@H]1CCCN(S(=O)(=O)c2ccccc2)C1)Nc1ccccc1. The van der Waals surface area contributed by atoms with E-state index in [9.17, 15) is 18.0 Å². The van der Waals surface area contributed by atoms with Crippen molar-refractivity contribution in [2.24, 2.45) is 5.92 Å². The van der Waals surface area contributed by atoms with Crippen molar-refractivity contribution in [3.8, 4) is 0 Å². The molecule has 0 aliphatic carbocycles. The monoisotopic (exact) mass is 401 g/mol. The quantitative estimate of drug-likeness (QED) is 0.772. The summed E-state index contributed by atoms with van der Waals surface area (Å²) in [6.45, 7) is 0.342. The van der Waals surface area contributed by atoms with E-state index in [1.54, 1.807) is 54.6 Å². The lowest BCUT2D eigenvalue weighted by Gasteiger charge is -2.31. The Morgan fingerprint density at radius 1 is 1.00 bits per heavy atom. The molecule has 1 fully saturated rings. The lowest BCUT2D eigenvalue weighted by atomic mass is 9.99. The highest BCUT2D eigenvalue weighted by Gasteiger charge is 2.33. The number of nitrogens with one attached hydrogen (secondary N) is 2. The van der Waals surface area contributed by atoms with Crippen molar-refractivity contribution in [1.29, 1.82) is 0 Å². The second-order valence-electron chi connectivity index (χ2n) is 6.65. The van der Waals surface area contributed by atoms with E-state index in [1.807, 2.05) is 6.07 Å². The largest absolute Gasteiger partial charge is 0.347 e. The minimum Gasteiger partial charge on any atom is -0.347 e. The highest BCUT2D eigenvalue weighted by molar-refractivity contribution is 7.89. The lowest BCUT2D eigenvalue weighted by Crippen LogP contribution is -2.46. The Balaban J connectivity index is 1.55. The number of hydrogen-bond acceptors (Lipinski definition) is 4. The number of sulfonamides is 1. The second kappa shape index (κ2) is 8.99. The molecule has 1 atom stereocenters. The smallest absolute Gasteiger partial charge is 0.243 e. The van der Waals surface area contributed by atoms with Crippen LogP contribution in [0.25, 0.3) is 0 Å². The van der Waals surface area contributed by atoms with Crippen LogP contribution in [0, 0.1) is 5.92 Å². The van der Waals surface area contributed by atoms with E-state index in [1.165, 1.54) is 4.31 Å². The van der Waals surface area contributed by atoms with E-state index in [2.05, 4.69) is 10.6 Å². The van der Waals surface area contributed by atoms with Crippen molar-refractivity contribution in [2.75, 3.05) is 25.0 Å². The molecule has 0 saturated carbocycles. The summed E-state index contributed by atoms with van der Waals surface area (Å²) in [5, 5.41) is 5.31. The molecule has 1 aliphatic rings. The minimum atomic E-state index is -3.63. The highest BCUT2D eigenvalue weighted by atomic mass is 32.2. The number of amides is 2. The Hall–Kier alpha value is -2.71. The van der Waals surface area contributed by atoms with Gasteiger partial charge in [0.15, 0.2) is 0 Å². The summed E-state index contributed by atoms with van der Waals surface area (Å²) >= 11 is 0. The molecular formula is C20H23N3O4S. The second-order valence-corrected chi connectivity index (χ2v) is 8.59. The van der Waals surface area contributed by atoms with Crippen LogP contribution in [0.3, 0.4) is 0 Å².